The number of hydrogen-bond donors (Lipinski definition) is 4. The molecule has 7 nitrogen and oxygen atoms in total. The first kappa shape index (κ1) is 25.2. The molecule has 0 aromatic heterocycles. The van der Waals surface area contributed by atoms with E-state index >= 15 is 0 Å². The highest BCUT2D eigenvalue weighted by Crippen LogP contribution is 2.18. The highest BCUT2D eigenvalue weighted by Gasteiger charge is 2.21. The Kier molecular flexibility index (Phi) is 7.95. The number of carboxylic acid groups (broad SMARTS) is 2. The molecular formula is C30H26N2O5. The summed E-state index contributed by atoms with van der Waals surface area (Å²) in [7, 11) is 0. The summed E-state index contributed by atoms with van der Waals surface area (Å²) in [6.07, 6.45) is 0.865. The summed E-state index contributed by atoms with van der Waals surface area (Å²) >= 11 is 0. The lowest BCUT2D eigenvalue weighted by atomic mass is 10.0. The molecule has 0 atom stereocenters. The molecule has 0 unspecified atom stereocenters. The fraction of sp³-hybridized carbons (Fsp3) is 0.100. The van der Waals surface area contributed by atoms with Gasteiger partial charge in [-0.1, -0.05) is 54.6 Å². The summed E-state index contributed by atoms with van der Waals surface area (Å²) in [6, 6.07) is 29.8. The number of anilines is 2. The Morgan fingerprint density at radius 2 is 0.946 bits per heavy atom. The summed E-state index contributed by atoms with van der Waals surface area (Å²) in [6.45, 7) is 0. The highest BCUT2D eigenvalue weighted by atomic mass is 16.4. The van der Waals surface area contributed by atoms with Crippen LogP contribution in [0.1, 0.15) is 42.2 Å². The van der Waals surface area contributed by atoms with Gasteiger partial charge in [-0.05, 0) is 72.5 Å². The zero-order valence-corrected chi connectivity index (χ0v) is 19.9. The van der Waals surface area contributed by atoms with Gasteiger partial charge in [0.2, 0.25) is 5.78 Å². The van der Waals surface area contributed by atoms with E-state index in [1.165, 1.54) is 29.8 Å². The lowest BCUT2D eigenvalue weighted by Crippen LogP contribution is -2.37. The van der Waals surface area contributed by atoms with Crippen LogP contribution in [0.15, 0.2) is 103 Å². The van der Waals surface area contributed by atoms with E-state index in [1.54, 1.807) is 36.4 Å². The number of aromatic carboxylic acids is 2. The maximum atomic E-state index is 13.5. The van der Waals surface area contributed by atoms with E-state index in [0.29, 0.717) is 16.9 Å². The molecule has 0 saturated carbocycles. The van der Waals surface area contributed by atoms with Gasteiger partial charge >= 0.3 is 11.9 Å². The molecule has 4 aromatic carbocycles. The summed E-state index contributed by atoms with van der Waals surface area (Å²) in [5.41, 5.74) is 4.24. The number of ketones is 1. The molecule has 4 N–H and O–H groups in total. The molecule has 0 fully saturated rings. The molecule has 0 amide bonds. The van der Waals surface area contributed by atoms with Crippen LogP contribution in [-0.2, 0) is 12.8 Å². The second kappa shape index (κ2) is 11.7. The number of nitrogens with one attached hydrogen (secondary N) is 2. The second-order valence-electron chi connectivity index (χ2n) is 8.53. The Labute approximate surface area is 214 Å². The third-order valence-corrected chi connectivity index (χ3v) is 5.93. The predicted molar refractivity (Wildman–Crippen MR) is 142 cm³/mol. The Morgan fingerprint density at radius 1 is 0.541 bits per heavy atom. The summed E-state index contributed by atoms with van der Waals surface area (Å²) in [5.74, 6) is -2.30. The van der Waals surface area contributed by atoms with Gasteiger partial charge in [0.15, 0.2) is 6.17 Å². The number of benzene rings is 4. The first-order chi connectivity index (χ1) is 17.9. The molecule has 4 aromatic rings. The molecule has 0 radical (unpaired) electrons. The molecular weight excluding hydrogens is 468 g/mol. The number of hydrogen-bond acceptors (Lipinski definition) is 5. The van der Waals surface area contributed by atoms with Crippen molar-refractivity contribution in [3.63, 3.8) is 0 Å². The van der Waals surface area contributed by atoms with Crippen LogP contribution < -0.4 is 10.6 Å². The number of carbonyl (C=O) groups is 3. The van der Waals surface area contributed by atoms with E-state index in [4.69, 9.17) is 10.2 Å². The average Bonchev–Trinajstić information content (AvgIpc) is 2.92. The van der Waals surface area contributed by atoms with E-state index < -0.39 is 18.1 Å². The third kappa shape index (κ3) is 6.82. The van der Waals surface area contributed by atoms with Gasteiger partial charge < -0.3 is 20.8 Å². The monoisotopic (exact) mass is 494 g/mol. The Bertz CT molecular complexity index is 1310. The van der Waals surface area contributed by atoms with Crippen molar-refractivity contribution >= 4 is 29.1 Å². The van der Waals surface area contributed by atoms with Crippen molar-refractivity contribution < 1.29 is 24.6 Å². The maximum Gasteiger partial charge on any atom is 0.335 e. The van der Waals surface area contributed by atoms with Crippen molar-refractivity contribution in [1.29, 1.82) is 0 Å². The number of aryl methyl sites for hydroxylation is 2. The third-order valence-electron chi connectivity index (χ3n) is 5.93. The van der Waals surface area contributed by atoms with Gasteiger partial charge in [-0.2, -0.15) is 0 Å². The normalized spacial score (nSPS) is 10.6. The predicted octanol–water partition coefficient (Wildman–Crippen LogP) is 5.60. The summed E-state index contributed by atoms with van der Waals surface area (Å²) < 4.78 is 0. The first-order valence-electron chi connectivity index (χ1n) is 11.8. The Morgan fingerprint density at radius 3 is 1.38 bits per heavy atom. The van der Waals surface area contributed by atoms with Gasteiger partial charge in [-0.15, -0.1) is 0 Å². The van der Waals surface area contributed by atoms with Crippen LogP contribution in [0.2, 0.25) is 0 Å². The minimum absolute atomic E-state index is 0.136. The van der Waals surface area contributed by atoms with E-state index in [9.17, 15) is 14.4 Å². The molecule has 0 heterocycles. The quantitative estimate of drug-likeness (QED) is 0.158. The lowest BCUT2D eigenvalue weighted by molar-refractivity contribution is 0.0686. The molecule has 0 spiro atoms. The van der Waals surface area contributed by atoms with Gasteiger partial charge in [0.1, 0.15) is 0 Å². The largest absolute Gasteiger partial charge is 0.478 e. The van der Waals surface area contributed by atoms with Crippen molar-refractivity contribution in [2.75, 3.05) is 10.6 Å². The second-order valence-corrected chi connectivity index (χ2v) is 8.53. The SMILES string of the molecule is O=C(O)c1ccc(NC(Nc2ccc(C(=O)O)cc2)C(=O)c2ccc(CCc3ccccc3)cc2)cc1. The topological polar surface area (TPSA) is 116 Å². The first-order valence-corrected chi connectivity index (χ1v) is 11.8. The molecule has 0 aliphatic carbocycles. The zero-order chi connectivity index (χ0) is 26.2. The van der Waals surface area contributed by atoms with Crippen LogP contribution in [0.3, 0.4) is 0 Å². The van der Waals surface area contributed by atoms with Crippen LogP contribution in [0, 0.1) is 0 Å². The Balaban J connectivity index is 1.51. The number of carboxylic acids is 2. The van der Waals surface area contributed by atoms with E-state index in [0.717, 1.165) is 18.4 Å². The standard InChI is InChI=1S/C30H26N2O5/c33-27(22-10-8-21(9-11-22)7-6-20-4-2-1-3-5-20)28(31-25-16-12-23(13-17-25)29(34)35)32-26-18-14-24(15-19-26)30(36)37/h1-5,8-19,28,31-32H,6-7H2,(H,34,35)(H,36,37). The minimum atomic E-state index is -1.04. The molecule has 37 heavy (non-hydrogen) atoms. The van der Waals surface area contributed by atoms with Crippen molar-refractivity contribution in [2.45, 2.75) is 19.0 Å². The molecule has 0 saturated heterocycles. The lowest BCUT2D eigenvalue weighted by Gasteiger charge is -2.22. The van der Waals surface area contributed by atoms with E-state index in [-0.39, 0.29) is 16.9 Å². The number of rotatable bonds is 11. The van der Waals surface area contributed by atoms with E-state index in [2.05, 4.69) is 22.8 Å². The molecule has 0 aliphatic heterocycles. The van der Waals surface area contributed by atoms with Crippen molar-refractivity contribution in [3.05, 3.63) is 131 Å². The smallest absolute Gasteiger partial charge is 0.335 e. The molecule has 4 rings (SSSR count). The Hall–Kier alpha value is -4.91. The molecule has 0 aliphatic rings. The van der Waals surface area contributed by atoms with Crippen LogP contribution in [0.5, 0.6) is 0 Å². The number of carbonyl (C=O) groups excluding carboxylic acids is 1. The van der Waals surface area contributed by atoms with Crippen LogP contribution in [0.4, 0.5) is 11.4 Å². The van der Waals surface area contributed by atoms with Gasteiger partial charge in [-0.25, -0.2) is 9.59 Å². The average molecular weight is 495 g/mol. The van der Waals surface area contributed by atoms with Crippen molar-refractivity contribution in [2.24, 2.45) is 0 Å². The summed E-state index contributed by atoms with van der Waals surface area (Å²) in [4.78, 5) is 35.8. The molecule has 0 bridgehead atoms. The maximum absolute atomic E-state index is 13.5. The molecule has 7 heteroatoms. The van der Waals surface area contributed by atoms with Crippen LogP contribution in [0.25, 0.3) is 0 Å². The van der Waals surface area contributed by atoms with Crippen molar-refractivity contribution in [3.8, 4) is 0 Å². The van der Waals surface area contributed by atoms with Crippen LogP contribution in [-0.4, -0.2) is 34.1 Å². The minimum Gasteiger partial charge on any atom is -0.478 e. The number of Topliss-reactive ketones (excluding diaryl/α,β-unsaturated/α-hetero) is 1. The van der Waals surface area contributed by atoms with Crippen molar-refractivity contribution in [1.82, 2.24) is 0 Å². The van der Waals surface area contributed by atoms with Gasteiger partial charge in [0, 0.05) is 16.9 Å². The van der Waals surface area contributed by atoms with E-state index in [1.807, 2.05) is 30.3 Å². The fourth-order valence-corrected chi connectivity index (χ4v) is 3.85. The van der Waals surface area contributed by atoms with Crippen LogP contribution >= 0.6 is 0 Å². The van der Waals surface area contributed by atoms with Gasteiger partial charge in [0.25, 0.3) is 0 Å². The fourth-order valence-electron chi connectivity index (χ4n) is 3.85. The van der Waals surface area contributed by atoms with Gasteiger partial charge in [-0.3, -0.25) is 4.79 Å². The zero-order valence-electron chi connectivity index (χ0n) is 19.9. The van der Waals surface area contributed by atoms with Gasteiger partial charge in [0.05, 0.1) is 11.1 Å². The highest BCUT2D eigenvalue weighted by molar-refractivity contribution is 6.03. The summed E-state index contributed by atoms with van der Waals surface area (Å²) in [5, 5.41) is 24.5. The molecule has 186 valence electrons.